The molecule has 21 heavy (non-hydrogen) atoms. The highest BCUT2D eigenvalue weighted by Crippen LogP contribution is 2.24. The number of hydrogen-bond donors (Lipinski definition) is 0. The second-order valence-electron chi connectivity index (χ2n) is 5.59. The van der Waals surface area contributed by atoms with Crippen LogP contribution in [0.4, 0.5) is 13.2 Å². The number of piperidine rings is 1. The number of carbonyl (C=O) groups excluding carboxylic acids is 1. The van der Waals surface area contributed by atoms with Crippen molar-refractivity contribution < 1.29 is 18.0 Å². The lowest BCUT2D eigenvalue weighted by molar-refractivity contribution is -0.150. The van der Waals surface area contributed by atoms with Crippen LogP contribution in [0.2, 0.25) is 0 Å². The zero-order valence-electron chi connectivity index (χ0n) is 12.1. The Hall–Kier alpha value is -1.53. The van der Waals surface area contributed by atoms with E-state index in [9.17, 15) is 18.0 Å². The van der Waals surface area contributed by atoms with Gasteiger partial charge in [-0.1, -0.05) is 0 Å². The van der Waals surface area contributed by atoms with Gasteiger partial charge in [-0.2, -0.15) is 13.2 Å². The number of alkyl halides is 3. The molecule has 1 aliphatic rings. The van der Waals surface area contributed by atoms with Crippen LogP contribution >= 0.6 is 0 Å². The molecule has 0 unspecified atom stereocenters. The molecular formula is C14H20F3N3O. The summed E-state index contributed by atoms with van der Waals surface area (Å²) in [6.45, 7) is 3.77. The third kappa shape index (κ3) is 4.75. The molecular weight excluding hydrogens is 283 g/mol. The second kappa shape index (κ2) is 6.49. The zero-order chi connectivity index (χ0) is 15.5. The van der Waals surface area contributed by atoms with Crippen molar-refractivity contribution in [3.63, 3.8) is 0 Å². The molecule has 0 N–H and O–H groups in total. The summed E-state index contributed by atoms with van der Waals surface area (Å²) in [5.74, 6) is 0.802. The van der Waals surface area contributed by atoms with E-state index in [0.29, 0.717) is 13.1 Å². The van der Waals surface area contributed by atoms with E-state index < -0.39 is 19.0 Å². The number of halogens is 3. The van der Waals surface area contributed by atoms with E-state index >= 15 is 0 Å². The fraction of sp³-hybridized carbons (Fsp3) is 0.714. The van der Waals surface area contributed by atoms with Crippen LogP contribution in [0, 0.1) is 12.8 Å². The predicted octanol–water partition coefficient (Wildman–Crippen LogP) is 2.77. The molecule has 0 spiro atoms. The number of aryl methyl sites for hydroxylation is 1. The van der Waals surface area contributed by atoms with Gasteiger partial charge in [-0.3, -0.25) is 4.79 Å². The summed E-state index contributed by atoms with van der Waals surface area (Å²) in [6, 6.07) is 0. The second-order valence-corrected chi connectivity index (χ2v) is 5.59. The summed E-state index contributed by atoms with van der Waals surface area (Å²) >= 11 is 0. The lowest BCUT2D eigenvalue weighted by atomic mass is 9.97. The van der Waals surface area contributed by atoms with E-state index in [2.05, 4.69) is 4.98 Å². The molecule has 0 aliphatic carbocycles. The molecule has 7 heteroatoms. The highest BCUT2D eigenvalue weighted by Gasteiger charge is 2.30. The van der Waals surface area contributed by atoms with Crippen molar-refractivity contribution in [3.8, 4) is 0 Å². The molecule has 1 aromatic heterocycles. The van der Waals surface area contributed by atoms with Gasteiger partial charge >= 0.3 is 6.18 Å². The highest BCUT2D eigenvalue weighted by molar-refractivity contribution is 5.76. The minimum Gasteiger partial charge on any atom is -0.342 e. The Morgan fingerprint density at radius 2 is 2.24 bits per heavy atom. The molecule has 0 bridgehead atoms. The van der Waals surface area contributed by atoms with E-state index in [1.165, 1.54) is 0 Å². The Morgan fingerprint density at radius 3 is 2.86 bits per heavy atom. The summed E-state index contributed by atoms with van der Waals surface area (Å²) in [7, 11) is 0. The molecule has 1 saturated heterocycles. The van der Waals surface area contributed by atoms with Gasteiger partial charge in [0.25, 0.3) is 0 Å². The third-order valence-electron chi connectivity index (χ3n) is 3.87. The van der Waals surface area contributed by atoms with Crippen LogP contribution in [-0.2, 0) is 11.3 Å². The van der Waals surface area contributed by atoms with E-state index in [1.807, 2.05) is 17.7 Å². The molecule has 1 fully saturated rings. The normalized spacial score (nSPS) is 19.8. The lowest BCUT2D eigenvalue weighted by Gasteiger charge is -2.33. The SMILES string of the molecule is Cc1nccn1C[C@@H]1CCCN(C(=O)CCC(F)(F)F)C1. The van der Waals surface area contributed by atoms with Gasteiger partial charge in [0.15, 0.2) is 0 Å². The molecule has 0 radical (unpaired) electrons. The summed E-state index contributed by atoms with van der Waals surface area (Å²) in [5, 5.41) is 0. The van der Waals surface area contributed by atoms with E-state index in [0.717, 1.165) is 25.2 Å². The molecule has 118 valence electrons. The minimum absolute atomic E-state index is 0.279. The van der Waals surface area contributed by atoms with Crippen LogP contribution in [0.1, 0.15) is 31.5 Å². The Bertz CT molecular complexity index is 484. The van der Waals surface area contributed by atoms with Gasteiger partial charge in [0.2, 0.25) is 5.91 Å². The van der Waals surface area contributed by atoms with Gasteiger partial charge in [0.05, 0.1) is 6.42 Å². The van der Waals surface area contributed by atoms with E-state index in [1.54, 1.807) is 11.1 Å². The minimum atomic E-state index is -4.27. The highest BCUT2D eigenvalue weighted by atomic mass is 19.4. The first-order chi connectivity index (χ1) is 9.85. The molecule has 2 heterocycles. The fourth-order valence-corrected chi connectivity index (χ4v) is 2.72. The molecule has 0 saturated carbocycles. The number of carbonyl (C=O) groups is 1. The van der Waals surface area contributed by atoms with Crippen molar-refractivity contribution in [1.29, 1.82) is 0 Å². The predicted molar refractivity (Wildman–Crippen MR) is 71.6 cm³/mol. The van der Waals surface area contributed by atoms with Gasteiger partial charge < -0.3 is 9.47 Å². The van der Waals surface area contributed by atoms with Gasteiger partial charge in [0, 0.05) is 38.4 Å². The lowest BCUT2D eigenvalue weighted by Crippen LogP contribution is -2.41. The van der Waals surface area contributed by atoms with Crippen LogP contribution < -0.4 is 0 Å². The summed E-state index contributed by atoms with van der Waals surface area (Å²) in [6.07, 6.45) is -0.298. The molecule has 4 nitrogen and oxygen atoms in total. The van der Waals surface area contributed by atoms with Crippen LogP contribution in [0.3, 0.4) is 0 Å². The average Bonchev–Trinajstić information content (AvgIpc) is 2.81. The number of amides is 1. The monoisotopic (exact) mass is 303 g/mol. The van der Waals surface area contributed by atoms with Crippen molar-refractivity contribution in [2.45, 2.75) is 45.3 Å². The van der Waals surface area contributed by atoms with Crippen molar-refractivity contribution in [2.75, 3.05) is 13.1 Å². The maximum Gasteiger partial charge on any atom is 0.389 e. The maximum absolute atomic E-state index is 12.2. The van der Waals surface area contributed by atoms with Gasteiger partial charge in [0.1, 0.15) is 5.82 Å². The van der Waals surface area contributed by atoms with E-state index in [-0.39, 0.29) is 11.8 Å². The molecule has 1 amide bonds. The van der Waals surface area contributed by atoms with Crippen LogP contribution in [0.25, 0.3) is 0 Å². The molecule has 1 aliphatic heterocycles. The first kappa shape index (κ1) is 15.9. The maximum atomic E-state index is 12.2. The quantitative estimate of drug-likeness (QED) is 0.858. The summed E-state index contributed by atoms with van der Waals surface area (Å²) in [4.78, 5) is 17.6. The van der Waals surface area contributed by atoms with E-state index in [4.69, 9.17) is 0 Å². The average molecular weight is 303 g/mol. The van der Waals surface area contributed by atoms with Crippen LogP contribution in [-0.4, -0.2) is 39.6 Å². The molecule has 0 aromatic carbocycles. The summed E-state index contributed by atoms with van der Waals surface area (Å²) in [5.41, 5.74) is 0. The number of imidazole rings is 1. The molecule has 1 atom stereocenters. The Balaban J connectivity index is 1.85. The molecule has 2 rings (SSSR count). The topological polar surface area (TPSA) is 38.1 Å². The molecule has 1 aromatic rings. The number of rotatable bonds is 4. The van der Waals surface area contributed by atoms with Crippen molar-refractivity contribution >= 4 is 5.91 Å². The Morgan fingerprint density at radius 1 is 1.48 bits per heavy atom. The number of aromatic nitrogens is 2. The standard InChI is InChI=1S/C14H20F3N3O/c1-11-18-6-8-19(11)9-12-3-2-7-20(10-12)13(21)4-5-14(15,16)17/h6,8,12H,2-5,7,9-10H2,1H3/t12-/m0/s1. The first-order valence-electron chi connectivity index (χ1n) is 7.17. The number of nitrogens with zero attached hydrogens (tertiary/aromatic N) is 3. The van der Waals surface area contributed by atoms with Gasteiger partial charge in [-0.25, -0.2) is 4.98 Å². The number of hydrogen-bond acceptors (Lipinski definition) is 2. The smallest absolute Gasteiger partial charge is 0.342 e. The van der Waals surface area contributed by atoms with Crippen molar-refractivity contribution in [1.82, 2.24) is 14.5 Å². The number of likely N-dealkylation sites (tertiary alicyclic amines) is 1. The Kier molecular flexibility index (Phi) is 4.90. The Labute approximate surface area is 121 Å². The van der Waals surface area contributed by atoms with Crippen LogP contribution in [0.5, 0.6) is 0 Å². The van der Waals surface area contributed by atoms with Gasteiger partial charge in [-0.05, 0) is 25.7 Å². The van der Waals surface area contributed by atoms with Crippen molar-refractivity contribution in [3.05, 3.63) is 18.2 Å². The third-order valence-corrected chi connectivity index (χ3v) is 3.87. The largest absolute Gasteiger partial charge is 0.389 e. The fourth-order valence-electron chi connectivity index (χ4n) is 2.72. The van der Waals surface area contributed by atoms with Crippen LogP contribution in [0.15, 0.2) is 12.4 Å². The van der Waals surface area contributed by atoms with Crippen molar-refractivity contribution in [2.24, 2.45) is 5.92 Å². The van der Waals surface area contributed by atoms with Gasteiger partial charge in [-0.15, -0.1) is 0 Å². The summed E-state index contributed by atoms with van der Waals surface area (Å²) < 4.78 is 38.5. The zero-order valence-corrected chi connectivity index (χ0v) is 12.1. The first-order valence-corrected chi connectivity index (χ1v) is 7.17.